The van der Waals surface area contributed by atoms with E-state index < -0.39 is 44.4 Å². The standard InChI is InChI=1S/C37H37Br4N3O10S2/c1-20-6-23(11-27(8-20)43-55(4,48)49)18-52-35-29(38)13-25(14-30(35)39)22(3)10-33(45)54-34(46)17-42-37(47)26-15-31(40)36(32(41)16-26)53-19-24-7-21(2)9-28(12-24)44-56(5,50)51/h6-9,11-16,22,43-44H,10,17-19H2,1-5H3,(H,42,47). The number of benzene rings is 4. The minimum absolute atomic E-state index is 0.0980. The molecule has 56 heavy (non-hydrogen) atoms. The van der Waals surface area contributed by atoms with Gasteiger partial charge in [0, 0.05) is 16.9 Å². The van der Waals surface area contributed by atoms with Crippen LogP contribution in [0.1, 0.15) is 57.4 Å². The predicted octanol–water partition coefficient (Wildman–Crippen LogP) is 8.25. The van der Waals surface area contributed by atoms with Crippen LogP contribution in [-0.4, -0.2) is 53.7 Å². The summed E-state index contributed by atoms with van der Waals surface area (Å²) < 4.78 is 70.6. The Morgan fingerprint density at radius 2 is 1.07 bits per heavy atom. The van der Waals surface area contributed by atoms with Gasteiger partial charge in [-0.2, -0.15) is 0 Å². The molecule has 4 aromatic carbocycles. The highest BCUT2D eigenvalue weighted by atomic mass is 79.9. The molecule has 13 nitrogen and oxygen atoms in total. The summed E-state index contributed by atoms with van der Waals surface area (Å²) in [6, 6.07) is 17.1. The van der Waals surface area contributed by atoms with Crippen LogP contribution in [0, 0.1) is 13.8 Å². The molecule has 0 aliphatic rings. The first-order chi connectivity index (χ1) is 26.0. The molecule has 300 valence electrons. The summed E-state index contributed by atoms with van der Waals surface area (Å²) in [5.74, 6) is -1.78. The number of carbonyl (C=O) groups excluding carboxylic acids is 3. The highest BCUT2D eigenvalue weighted by molar-refractivity contribution is 9.11. The van der Waals surface area contributed by atoms with Crippen LogP contribution < -0.4 is 24.2 Å². The van der Waals surface area contributed by atoms with Crippen LogP contribution in [0.2, 0.25) is 0 Å². The fourth-order valence-corrected chi connectivity index (χ4v) is 9.36. The molecule has 0 spiro atoms. The molecule has 0 radical (unpaired) electrons. The number of ether oxygens (including phenoxy) is 3. The maximum absolute atomic E-state index is 12.9. The van der Waals surface area contributed by atoms with Crippen molar-refractivity contribution in [3.63, 3.8) is 0 Å². The van der Waals surface area contributed by atoms with Gasteiger partial charge in [0.25, 0.3) is 5.91 Å². The van der Waals surface area contributed by atoms with Gasteiger partial charge >= 0.3 is 11.9 Å². The number of rotatable bonds is 16. The second-order valence-corrected chi connectivity index (χ2v) is 19.9. The third kappa shape index (κ3) is 14.2. The van der Waals surface area contributed by atoms with Crippen LogP contribution in [0.25, 0.3) is 0 Å². The van der Waals surface area contributed by atoms with Crippen molar-refractivity contribution in [2.45, 2.75) is 46.3 Å². The van der Waals surface area contributed by atoms with E-state index in [-0.39, 0.29) is 31.1 Å². The normalized spacial score (nSPS) is 12.0. The first-order valence-electron chi connectivity index (χ1n) is 16.5. The van der Waals surface area contributed by atoms with E-state index in [9.17, 15) is 31.2 Å². The lowest BCUT2D eigenvalue weighted by atomic mass is 9.98. The molecule has 4 aromatic rings. The number of amides is 1. The lowest BCUT2D eigenvalue weighted by Gasteiger charge is -2.16. The van der Waals surface area contributed by atoms with Gasteiger partial charge in [0.05, 0.1) is 36.8 Å². The van der Waals surface area contributed by atoms with Crippen molar-refractivity contribution >= 4 is 113 Å². The topological polar surface area (TPSA) is 183 Å². The van der Waals surface area contributed by atoms with Crippen LogP contribution in [0.15, 0.2) is 78.6 Å². The van der Waals surface area contributed by atoms with E-state index >= 15 is 0 Å². The molecule has 1 unspecified atom stereocenters. The lowest BCUT2D eigenvalue weighted by molar-refractivity contribution is -0.159. The second kappa shape index (κ2) is 19.3. The molecule has 0 saturated carbocycles. The van der Waals surface area contributed by atoms with Crippen LogP contribution in [0.3, 0.4) is 0 Å². The Bertz CT molecular complexity index is 2350. The average Bonchev–Trinajstić information content (AvgIpc) is 3.04. The molecular formula is C37H37Br4N3O10S2. The number of nitrogens with one attached hydrogen (secondary N) is 3. The lowest BCUT2D eigenvalue weighted by Crippen LogP contribution is -2.31. The first-order valence-corrected chi connectivity index (χ1v) is 23.4. The van der Waals surface area contributed by atoms with Gasteiger partial charge in [-0.05, 0) is 160 Å². The van der Waals surface area contributed by atoms with Gasteiger partial charge in [-0.3, -0.25) is 19.0 Å². The maximum Gasteiger partial charge on any atom is 0.333 e. The molecular weight excluding hydrogens is 1030 g/mol. The van der Waals surface area contributed by atoms with E-state index in [4.69, 9.17) is 14.2 Å². The van der Waals surface area contributed by atoms with Crippen molar-refractivity contribution in [2.24, 2.45) is 0 Å². The zero-order chi connectivity index (χ0) is 41.5. The van der Waals surface area contributed by atoms with Crippen LogP contribution in [-0.2, 0) is 47.6 Å². The monoisotopic (exact) mass is 1060 g/mol. The van der Waals surface area contributed by atoms with Crippen molar-refractivity contribution in [1.82, 2.24) is 5.32 Å². The number of halogens is 4. The van der Waals surface area contributed by atoms with Gasteiger partial charge in [-0.1, -0.05) is 19.1 Å². The molecule has 0 bridgehead atoms. The minimum Gasteiger partial charge on any atom is -0.487 e. The molecule has 0 saturated heterocycles. The quantitative estimate of drug-likeness (QED) is 0.0730. The van der Waals surface area contributed by atoms with Gasteiger partial charge in [-0.25, -0.2) is 21.6 Å². The van der Waals surface area contributed by atoms with Gasteiger partial charge in [0.2, 0.25) is 20.0 Å². The summed E-state index contributed by atoms with van der Waals surface area (Å²) >= 11 is 13.9. The highest BCUT2D eigenvalue weighted by Gasteiger charge is 2.21. The minimum atomic E-state index is -3.46. The number of sulfonamides is 2. The molecule has 0 heterocycles. The average molecular weight is 1070 g/mol. The van der Waals surface area contributed by atoms with E-state index in [0.717, 1.165) is 34.8 Å². The summed E-state index contributed by atoms with van der Waals surface area (Å²) in [5, 5.41) is 2.45. The van der Waals surface area contributed by atoms with E-state index in [1.807, 2.05) is 26.0 Å². The Morgan fingerprint density at radius 3 is 1.50 bits per heavy atom. The Balaban J connectivity index is 1.28. The van der Waals surface area contributed by atoms with Gasteiger partial charge < -0.3 is 19.5 Å². The molecule has 19 heteroatoms. The van der Waals surface area contributed by atoms with Crippen LogP contribution in [0.5, 0.6) is 11.5 Å². The van der Waals surface area contributed by atoms with Crippen LogP contribution >= 0.6 is 63.7 Å². The number of carbonyl (C=O) groups is 3. The number of hydrogen-bond acceptors (Lipinski definition) is 10. The van der Waals surface area contributed by atoms with Gasteiger partial charge in [-0.15, -0.1) is 0 Å². The summed E-state index contributed by atoms with van der Waals surface area (Å²) in [5.41, 5.74) is 4.92. The van der Waals surface area contributed by atoms with Crippen LogP contribution in [0.4, 0.5) is 11.4 Å². The van der Waals surface area contributed by atoms with E-state index in [2.05, 4.69) is 78.5 Å². The molecule has 4 rings (SSSR count). The summed E-state index contributed by atoms with van der Waals surface area (Å²) in [6.45, 7) is 5.16. The van der Waals surface area contributed by atoms with Gasteiger partial charge in [0.1, 0.15) is 31.3 Å². The second-order valence-electron chi connectivity index (χ2n) is 13.0. The molecule has 0 fully saturated rings. The summed E-state index contributed by atoms with van der Waals surface area (Å²) in [6.07, 6.45) is 2.02. The van der Waals surface area contributed by atoms with Crippen molar-refractivity contribution in [3.05, 3.63) is 112 Å². The van der Waals surface area contributed by atoms with E-state index in [1.54, 1.807) is 43.3 Å². The maximum atomic E-state index is 12.9. The third-order valence-electron chi connectivity index (χ3n) is 7.59. The number of aryl methyl sites for hydroxylation is 2. The van der Waals surface area contributed by atoms with Crippen molar-refractivity contribution in [3.8, 4) is 11.5 Å². The summed E-state index contributed by atoms with van der Waals surface area (Å²) in [7, 11) is -6.91. The largest absolute Gasteiger partial charge is 0.487 e. The number of anilines is 2. The summed E-state index contributed by atoms with van der Waals surface area (Å²) in [4.78, 5) is 38.1. The molecule has 1 amide bonds. The van der Waals surface area contributed by atoms with E-state index in [1.165, 1.54) is 12.1 Å². The van der Waals surface area contributed by atoms with E-state index in [0.29, 0.717) is 46.3 Å². The molecule has 0 aliphatic heterocycles. The third-order valence-corrected chi connectivity index (χ3v) is 11.2. The Kier molecular flexibility index (Phi) is 15.6. The zero-order valence-electron chi connectivity index (χ0n) is 30.6. The predicted molar refractivity (Wildman–Crippen MR) is 228 cm³/mol. The SMILES string of the molecule is Cc1cc(COc2c(Br)cc(C(=O)NCC(=O)OC(=O)CC(C)c3cc(Br)c(OCc4cc(C)cc(NS(C)(=O)=O)c4)c(Br)c3)cc2Br)cc(NS(C)(=O)=O)c1. The van der Waals surface area contributed by atoms with Crippen molar-refractivity contribution in [1.29, 1.82) is 0 Å². The Morgan fingerprint density at radius 1 is 0.643 bits per heavy atom. The highest BCUT2D eigenvalue weighted by Crippen LogP contribution is 2.38. The van der Waals surface area contributed by atoms with Gasteiger partial charge in [0.15, 0.2) is 0 Å². The first kappa shape index (κ1) is 45.2. The van der Waals surface area contributed by atoms with Crippen molar-refractivity contribution in [2.75, 3.05) is 28.5 Å². The smallest absolute Gasteiger partial charge is 0.333 e. The molecule has 1 atom stereocenters. The zero-order valence-corrected chi connectivity index (χ0v) is 38.6. The molecule has 0 aromatic heterocycles. The Labute approximate surface area is 359 Å². The fourth-order valence-electron chi connectivity index (χ4n) is 5.41. The molecule has 3 N–H and O–H groups in total. The molecule has 0 aliphatic carbocycles. The number of hydrogen-bond donors (Lipinski definition) is 3. The Hall–Kier alpha value is -3.49. The fraction of sp³-hybridized carbons (Fsp3) is 0.270. The number of esters is 2. The van der Waals surface area contributed by atoms with Crippen molar-refractivity contribution < 1.29 is 45.4 Å².